The fraction of sp³-hybridized carbons (Fsp3) is 0.333. The Hall–Kier alpha value is -2.48. The molecule has 0 aliphatic heterocycles. The number of nitrogens with zero attached hydrogens (tertiary/aromatic N) is 1. The van der Waals surface area contributed by atoms with Crippen LogP contribution in [0.2, 0.25) is 0 Å². The maximum absolute atomic E-state index is 11.6. The lowest BCUT2D eigenvalue weighted by Crippen LogP contribution is -2.45. The van der Waals surface area contributed by atoms with Crippen LogP contribution < -0.4 is 11.1 Å². The summed E-state index contributed by atoms with van der Waals surface area (Å²) in [6.45, 7) is -0.242. The van der Waals surface area contributed by atoms with Gasteiger partial charge >= 0.3 is 5.97 Å². The molecule has 0 aliphatic rings. The van der Waals surface area contributed by atoms with E-state index in [4.69, 9.17) is 5.73 Å². The van der Waals surface area contributed by atoms with Crippen molar-refractivity contribution >= 4 is 17.6 Å². The van der Waals surface area contributed by atoms with E-state index in [-0.39, 0.29) is 18.7 Å². The second-order valence-electron chi connectivity index (χ2n) is 3.98. The predicted octanol–water partition coefficient (Wildman–Crippen LogP) is -0.246. The van der Waals surface area contributed by atoms with E-state index in [0.717, 1.165) is 0 Å². The normalized spacial score (nSPS) is 11.5. The predicted molar refractivity (Wildman–Crippen MR) is 69.8 cm³/mol. The molecule has 0 aromatic heterocycles. The van der Waals surface area contributed by atoms with Crippen LogP contribution >= 0.6 is 0 Å². The molecule has 108 valence electrons. The van der Waals surface area contributed by atoms with Crippen LogP contribution in [0.5, 0.6) is 0 Å². The van der Waals surface area contributed by atoms with Gasteiger partial charge in [-0.15, -0.1) is 0 Å². The Morgan fingerprint density at radius 2 is 2.00 bits per heavy atom. The molecule has 1 aromatic carbocycles. The molecule has 0 spiro atoms. The number of nitrogens with one attached hydrogen (secondary N) is 1. The van der Waals surface area contributed by atoms with Crippen LogP contribution in [0.3, 0.4) is 0 Å². The number of ether oxygens (including phenoxy) is 1. The molecule has 1 rings (SSSR count). The summed E-state index contributed by atoms with van der Waals surface area (Å²) in [6.07, 6.45) is 0.163. The van der Waals surface area contributed by atoms with Crippen LogP contribution in [0.1, 0.15) is 5.56 Å². The SMILES string of the molecule is COC(=O)[C@H](Cc1ccc([N+](=O)[O-])cc1)NC(=O)CN. The van der Waals surface area contributed by atoms with Crippen LogP contribution in [-0.4, -0.2) is 36.5 Å². The number of hydrogen-bond donors (Lipinski definition) is 2. The number of carbonyl (C=O) groups is 2. The highest BCUT2D eigenvalue weighted by atomic mass is 16.6. The summed E-state index contributed by atoms with van der Waals surface area (Å²) in [6, 6.07) is 4.81. The minimum atomic E-state index is -0.877. The zero-order chi connectivity index (χ0) is 15.1. The highest BCUT2D eigenvalue weighted by molar-refractivity contribution is 5.85. The first-order chi connectivity index (χ1) is 9.47. The summed E-state index contributed by atoms with van der Waals surface area (Å²) in [5, 5.41) is 13.0. The number of nitro benzene ring substituents is 1. The molecule has 0 saturated heterocycles. The van der Waals surface area contributed by atoms with Crippen molar-refractivity contribution < 1.29 is 19.2 Å². The van der Waals surface area contributed by atoms with Gasteiger partial charge in [0.1, 0.15) is 6.04 Å². The molecular weight excluding hydrogens is 266 g/mol. The first kappa shape index (κ1) is 15.6. The van der Waals surface area contributed by atoms with Gasteiger partial charge in [-0.1, -0.05) is 12.1 Å². The Kier molecular flexibility index (Phi) is 5.60. The van der Waals surface area contributed by atoms with E-state index in [9.17, 15) is 19.7 Å². The minimum absolute atomic E-state index is 0.0469. The number of esters is 1. The first-order valence-electron chi connectivity index (χ1n) is 5.78. The van der Waals surface area contributed by atoms with Gasteiger partial charge in [-0.2, -0.15) is 0 Å². The van der Waals surface area contributed by atoms with Gasteiger partial charge in [0.25, 0.3) is 5.69 Å². The van der Waals surface area contributed by atoms with Gasteiger partial charge in [-0.3, -0.25) is 14.9 Å². The average Bonchev–Trinajstić information content (AvgIpc) is 2.46. The van der Waals surface area contributed by atoms with Crippen molar-refractivity contribution in [1.82, 2.24) is 5.32 Å². The molecule has 1 atom stereocenters. The largest absolute Gasteiger partial charge is 0.467 e. The number of non-ortho nitro benzene ring substituents is 1. The molecule has 0 fully saturated rings. The van der Waals surface area contributed by atoms with Gasteiger partial charge in [0.15, 0.2) is 0 Å². The zero-order valence-corrected chi connectivity index (χ0v) is 10.9. The number of carbonyl (C=O) groups excluding carboxylic acids is 2. The van der Waals surface area contributed by atoms with Crippen molar-refractivity contribution in [2.75, 3.05) is 13.7 Å². The average molecular weight is 281 g/mol. The Balaban J connectivity index is 2.80. The fourth-order valence-corrected chi connectivity index (χ4v) is 1.58. The van der Waals surface area contributed by atoms with E-state index in [2.05, 4.69) is 10.1 Å². The molecule has 20 heavy (non-hydrogen) atoms. The molecule has 1 amide bonds. The highest BCUT2D eigenvalue weighted by Gasteiger charge is 2.21. The monoisotopic (exact) mass is 281 g/mol. The molecule has 3 N–H and O–H groups in total. The molecular formula is C12H15N3O5. The van der Waals surface area contributed by atoms with Crippen LogP contribution in [0.4, 0.5) is 5.69 Å². The Morgan fingerprint density at radius 3 is 2.45 bits per heavy atom. The lowest BCUT2D eigenvalue weighted by Gasteiger charge is -2.16. The molecule has 1 aromatic rings. The number of amides is 1. The van der Waals surface area contributed by atoms with E-state index in [0.29, 0.717) is 5.56 Å². The van der Waals surface area contributed by atoms with Crippen LogP contribution in [-0.2, 0) is 20.7 Å². The van der Waals surface area contributed by atoms with E-state index in [1.165, 1.54) is 31.4 Å². The van der Waals surface area contributed by atoms with E-state index >= 15 is 0 Å². The highest BCUT2D eigenvalue weighted by Crippen LogP contribution is 2.13. The van der Waals surface area contributed by atoms with Gasteiger partial charge in [-0.05, 0) is 5.56 Å². The van der Waals surface area contributed by atoms with E-state index in [1.807, 2.05) is 0 Å². The maximum Gasteiger partial charge on any atom is 0.328 e. The standard InChI is InChI=1S/C12H15N3O5/c1-20-12(17)10(14-11(16)7-13)6-8-2-4-9(5-3-8)15(18)19/h2-5,10H,6-7,13H2,1H3,(H,14,16)/t10-/m0/s1. The van der Waals surface area contributed by atoms with Crippen molar-refractivity contribution in [3.05, 3.63) is 39.9 Å². The lowest BCUT2D eigenvalue weighted by molar-refractivity contribution is -0.384. The van der Waals surface area contributed by atoms with Crippen molar-refractivity contribution in [2.45, 2.75) is 12.5 Å². The van der Waals surface area contributed by atoms with Crippen molar-refractivity contribution in [3.8, 4) is 0 Å². The van der Waals surface area contributed by atoms with Crippen molar-refractivity contribution in [3.63, 3.8) is 0 Å². The third-order valence-electron chi connectivity index (χ3n) is 2.59. The first-order valence-corrected chi connectivity index (χ1v) is 5.78. The summed E-state index contributed by atoms with van der Waals surface area (Å²) in [5.41, 5.74) is 5.78. The second kappa shape index (κ2) is 7.19. The number of benzene rings is 1. The van der Waals surface area contributed by atoms with E-state index < -0.39 is 22.8 Å². The summed E-state index contributed by atoms with van der Waals surface area (Å²) < 4.78 is 4.59. The number of nitro groups is 1. The quantitative estimate of drug-likeness (QED) is 0.421. The van der Waals surface area contributed by atoms with Gasteiger partial charge < -0.3 is 15.8 Å². The molecule has 0 saturated carbocycles. The molecule has 0 radical (unpaired) electrons. The zero-order valence-electron chi connectivity index (χ0n) is 10.9. The van der Waals surface area contributed by atoms with Crippen LogP contribution in [0, 0.1) is 10.1 Å². The van der Waals surface area contributed by atoms with Gasteiger partial charge in [0.05, 0.1) is 18.6 Å². The van der Waals surface area contributed by atoms with Crippen LogP contribution in [0.15, 0.2) is 24.3 Å². The fourth-order valence-electron chi connectivity index (χ4n) is 1.58. The molecule has 8 heteroatoms. The topological polar surface area (TPSA) is 125 Å². The number of methoxy groups -OCH3 is 1. The lowest BCUT2D eigenvalue weighted by atomic mass is 10.1. The molecule has 8 nitrogen and oxygen atoms in total. The summed E-state index contributed by atoms with van der Waals surface area (Å²) in [5.74, 6) is -1.09. The van der Waals surface area contributed by atoms with Crippen LogP contribution in [0.25, 0.3) is 0 Å². The second-order valence-corrected chi connectivity index (χ2v) is 3.98. The smallest absolute Gasteiger partial charge is 0.328 e. The van der Waals surface area contributed by atoms with E-state index in [1.54, 1.807) is 0 Å². The minimum Gasteiger partial charge on any atom is -0.467 e. The number of hydrogen-bond acceptors (Lipinski definition) is 6. The molecule has 0 unspecified atom stereocenters. The third-order valence-corrected chi connectivity index (χ3v) is 2.59. The molecule has 0 heterocycles. The number of rotatable bonds is 6. The Morgan fingerprint density at radius 1 is 1.40 bits per heavy atom. The third kappa shape index (κ3) is 4.32. The van der Waals surface area contributed by atoms with Gasteiger partial charge in [-0.25, -0.2) is 4.79 Å². The number of nitrogens with two attached hydrogens (primary N) is 1. The molecule has 0 bridgehead atoms. The Bertz CT molecular complexity index is 500. The van der Waals surface area contributed by atoms with Crippen molar-refractivity contribution in [1.29, 1.82) is 0 Å². The Labute approximate surface area is 115 Å². The summed E-state index contributed by atoms with van der Waals surface area (Å²) in [4.78, 5) is 32.8. The maximum atomic E-state index is 11.6. The summed E-state index contributed by atoms with van der Waals surface area (Å²) >= 11 is 0. The summed E-state index contributed by atoms with van der Waals surface area (Å²) in [7, 11) is 1.21. The molecule has 0 aliphatic carbocycles. The van der Waals surface area contributed by atoms with Gasteiger partial charge in [0, 0.05) is 18.6 Å². The van der Waals surface area contributed by atoms with Crippen molar-refractivity contribution in [2.24, 2.45) is 5.73 Å². The van der Waals surface area contributed by atoms with Gasteiger partial charge in [0.2, 0.25) is 5.91 Å².